The largest absolute Gasteiger partial charge is 0.340 e. The second-order valence-corrected chi connectivity index (χ2v) is 7.18. The maximum atomic E-state index is 4.78. The summed E-state index contributed by atoms with van der Waals surface area (Å²) >= 11 is 1.62. The highest BCUT2D eigenvalue weighted by Crippen LogP contribution is 2.29. The molecule has 0 aliphatic carbocycles. The van der Waals surface area contributed by atoms with Crippen LogP contribution in [0.3, 0.4) is 0 Å². The quantitative estimate of drug-likeness (QED) is 0.464. The van der Waals surface area contributed by atoms with E-state index in [1.807, 2.05) is 61.0 Å². The SMILES string of the molecule is Cc1ccnc(-c2nc(Nc3ccc4ncsc4c3)c3ccccc3n2)c1. The Morgan fingerprint density at radius 1 is 0.889 bits per heavy atom. The molecule has 0 spiro atoms. The molecule has 1 N–H and O–H groups in total. The van der Waals surface area contributed by atoms with Crippen molar-refractivity contribution in [2.75, 3.05) is 5.32 Å². The summed E-state index contributed by atoms with van der Waals surface area (Å²) in [5, 5.41) is 4.42. The molecule has 2 aromatic carbocycles. The van der Waals surface area contributed by atoms with Gasteiger partial charge in [-0.1, -0.05) is 12.1 Å². The van der Waals surface area contributed by atoms with E-state index in [1.165, 1.54) is 0 Å². The number of nitrogens with one attached hydrogen (secondary N) is 1. The molecule has 130 valence electrons. The molecule has 0 aliphatic heterocycles. The Kier molecular flexibility index (Phi) is 3.76. The third-order valence-corrected chi connectivity index (χ3v) is 5.13. The summed E-state index contributed by atoms with van der Waals surface area (Å²) in [6, 6.07) is 18.1. The van der Waals surface area contributed by atoms with Crippen LogP contribution in [0.15, 0.2) is 66.3 Å². The number of aryl methyl sites for hydroxylation is 1. The van der Waals surface area contributed by atoms with Crippen molar-refractivity contribution in [1.29, 1.82) is 0 Å². The molecule has 3 aromatic heterocycles. The normalized spacial score (nSPS) is 11.1. The van der Waals surface area contributed by atoms with Gasteiger partial charge in [-0.25, -0.2) is 15.0 Å². The van der Waals surface area contributed by atoms with Crippen molar-refractivity contribution in [2.45, 2.75) is 6.92 Å². The predicted molar refractivity (Wildman–Crippen MR) is 110 cm³/mol. The lowest BCUT2D eigenvalue weighted by atomic mass is 10.2. The standard InChI is InChI=1S/C21H15N5S/c1-13-8-9-22-18(10-13)21-25-16-5-3-2-4-15(16)20(26-21)24-14-6-7-17-19(11-14)27-12-23-17/h2-12H,1H3,(H,24,25,26). The number of aromatic nitrogens is 4. The summed E-state index contributed by atoms with van der Waals surface area (Å²) in [6.07, 6.45) is 1.79. The van der Waals surface area contributed by atoms with E-state index in [0.29, 0.717) is 5.82 Å². The molecule has 0 saturated heterocycles. The number of nitrogens with zero attached hydrogens (tertiary/aromatic N) is 4. The zero-order valence-corrected chi connectivity index (χ0v) is 15.4. The lowest BCUT2D eigenvalue weighted by Gasteiger charge is -2.11. The smallest absolute Gasteiger partial charge is 0.180 e. The van der Waals surface area contributed by atoms with Gasteiger partial charge in [-0.15, -0.1) is 11.3 Å². The molecule has 5 rings (SSSR count). The number of hydrogen-bond acceptors (Lipinski definition) is 6. The van der Waals surface area contributed by atoms with Gasteiger partial charge in [-0.05, 0) is 55.0 Å². The minimum absolute atomic E-state index is 0.610. The zero-order chi connectivity index (χ0) is 18.2. The number of fused-ring (bicyclic) bond motifs is 2. The first kappa shape index (κ1) is 15.8. The summed E-state index contributed by atoms with van der Waals surface area (Å²) in [7, 11) is 0. The lowest BCUT2D eigenvalue weighted by Crippen LogP contribution is -2.00. The first-order chi connectivity index (χ1) is 13.3. The molecule has 0 aliphatic rings. The van der Waals surface area contributed by atoms with Gasteiger partial charge in [-0.3, -0.25) is 4.98 Å². The molecule has 0 saturated carbocycles. The molecule has 5 nitrogen and oxygen atoms in total. The summed E-state index contributed by atoms with van der Waals surface area (Å²) in [6.45, 7) is 2.04. The second-order valence-electron chi connectivity index (χ2n) is 6.29. The van der Waals surface area contributed by atoms with E-state index in [-0.39, 0.29) is 0 Å². The van der Waals surface area contributed by atoms with Crippen molar-refractivity contribution in [3.8, 4) is 11.5 Å². The van der Waals surface area contributed by atoms with Gasteiger partial charge in [0.15, 0.2) is 5.82 Å². The maximum absolute atomic E-state index is 4.78. The minimum Gasteiger partial charge on any atom is -0.340 e. The number of anilines is 2. The second kappa shape index (κ2) is 6.41. The van der Waals surface area contributed by atoms with Gasteiger partial charge in [0, 0.05) is 17.3 Å². The van der Waals surface area contributed by atoms with Crippen LogP contribution in [0.1, 0.15) is 5.56 Å². The van der Waals surface area contributed by atoms with Crippen molar-refractivity contribution >= 4 is 44.0 Å². The third-order valence-electron chi connectivity index (χ3n) is 4.34. The average molecular weight is 369 g/mol. The Morgan fingerprint density at radius 2 is 1.81 bits per heavy atom. The monoisotopic (exact) mass is 369 g/mol. The summed E-state index contributed by atoms with van der Waals surface area (Å²) in [5.41, 5.74) is 6.60. The van der Waals surface area contributed by atoms with E-state index < -0.39 is 0 Å². The van der Waals surface area contributed by atoms with Crippen LogP contribution in [0.5, 0.6) is 0 Å². The Morgan fingerprint density at radius 3 is 2.74 bits per heavy atom. The van der Waals surface area contributed by atoms with E-state index in [2.05, 4.69) is 21.4 Å². The van der Waals surface area contributed by atoms with Gasteiger partial charge >= 0.3 is 0 Å². The first-order valence-corrected chi connectivity index (χ1v) is 9.44. The van der Waals surface area contributed by atoms with E-state index >= 15 is 0 Å². The number of rotatable bonds is 3. The van der Waals surface area contributed by atoms with Crippen LogP contribution in [-0.4, -0.2) is 19.9 Å². The van der Waals surface area contributed by atoms with Crippen LogP contribution in [0.25, 0.3) is 32.6 Å². The third kappa shape index (κ3) is 3.00. The first-order valence-electron chi connectivity index (χ1n) is 8.56. The van der Waals surface area contributed by atoms with Crippen LogP contribution in [-0.2, 0) is 0 Å². The van der Waals surface area contributed by atoms with Crippen LogP contribution in [0.2, 0.25) is 0 Å². The number of hydrogen-bond donors (Lipinski definition) is 1. The molecule has 5 aromatic rings. The van der Waals surface area contributed by atoms with Gasteiger partial charge in [-0.2, -0.15) is 0 Å². The molecule has 0 atom stereocenters. The van der Waals surface area contributed by atoms with E-state index in [1.54, 1.807) is 17.5 Å². The average Bonchev–Trinajstić information content (AvgIpc) is 3.16. The zero-order valence-electron chi connectivity index (χ0n) is 14.5. The number of benzene rings is 2. The van der Waals surface area contributed by atoms with Gasteiger partial charge in [0.2, 0.25) is 0 Å². The molecule has 0 fully saturated rings. The van der Waals surface area contributed by atoms with E-state index in [9.17, 15) is 0 Å². The Balaban J connectivity index is 1.65. The van der Waals surface area contributed by atoms with Crippen molar-refractivity contribution in [3.05, 3.63) is 71.9 Å². The van der Waals surface area contributed by atoms with Gasteiger partial charge < -0.3 is 5.32 Å². The van der Waals surface area contributed by atoms with Crippen molar-refractivity contribution < 1.29 is 0 Å². The topological polar surface area (TPSA) is 63.6 Å². The fourth-order valence-electron chi connectivity index (χ4n) is 3.01. The Labute approximate surface area is 159 Å². The van der Waals surface area contributed by atoms with Gasteiger partial charge in [0.25, 0.3) is 0 Å². The summed E-state index contributed by atoms with van der Waals surface area (Å²) in [5.74, 6) is 1.38. The molecular weight excluding hydrogens is 354 g/mol. The van der Waals surface area contributed by atoms with E-state index in [0.717, 1.165) is 43.9 Å². The summed E-state index contributed by atoms with van der Waals surface area (Å²) < 4.78 is 1.14. The highest BCUT2D eigenvalue weighted by atomic mass is 32.1. The van der Waals surface area contributed by atoms with Crippen LogP contribution in [0, 0.1) is 6.92 Å². The van der Waals surface area contributed by atoms with Crippen molar-refractivity contribution in [3.63, 3.8) is 0 Å². The maximum Gasteiger partial charge on any atom is 0.180 e. The molecule has 3 heterocycles. The fourth-order valence-corrected chi connectivity index (χ4v) is 3.73. The molecule has 27 heavy (non-hydrogen) atoms. The highest BCUT2D eigenvalue weighted by Gasteiger charge is 2.11. The minimum atomic E-state index is 0.610. The molecule has 0 bridgehead atoms. The Hall–Kier alpha value is -3.38. The van der Waals surface area contributed by atoms with Crippen molar-refractivity contribution in [2.24, 2.45) is 0 Å². The Bertz CT molecular complexity index is 1280. The van der Waals surface area contributed by atoms with Gasteiger partial charge in [0.1, 0.15) is 11.5 Å². The number of thiazole rings is 1. The van der Waals surface area contributed by atoms with Crippen LogP contribution in [0.4, 0.5) is 11.5 Å². The number of para-hydroxylation sites is 1. The molecule has 6 heteroatoms. The van der Waals surface area contributed by atoms with Crippen LogP contribution < -0.4 is 5.32 Å². The fraction of sp³-hybridized carbons (Fsp3) is 0.0476. The van der Waals surface area contributed by atoms with E-state index in [4.69, 9.17) is 9.97 Å². The molecular formula is C21H15N5S. The highest BCUT2D eigenvalue weighted by molar-refractivity contribution is 7.16. The molecule has 0 amide bonds. The molecule has 0 unspecified atom stereocenters. The lowest BCUT2D eigenvalue weighted by molar-refractivity contribution is 1.17. The van der Waals surface area contributed by atoms with Gasteiger partial charge in [0.05, 0.1) is 21.2 Å². The summed E-state index contributed by atoms with van der Waals surface area (Å²) in [4.78, 5) is 18.3. The van der Waals surface area contributed by atoms with Crippen molar-refractivity contribution in [1.82, 2.24) is 19.9 Å². The molecule has 0 radical (unpaired) electrons. The number of pyridine rings is 1. The van der Waals surface area contributed by atoms with Crippen LogP contribution >= 0.6 is 11.3 Å². The predicted octanol–water partition coefficient (Wildman–Crippen LogP) is 5.35.